The Labute approximate surface area is 190 Å². The smallest absolute Gasteiger partial charge is 0.175 e. The number of fused-ring (bicyclic) bond motifs is 2. The maximum absolute atomic E-state index is 9.82. The Kier molecular flexibility index (Phi) is 9.27. The average Bonchev–Trinajstić information content (AvgIpc) is 3.36. The predicted molar refractivity (Wildman–Crippen MR) is 133 cm³/mol. The van der Waals surface area contributed by atoms with Gasteiger partial charge < -0.3 is 25.6 Å². The van der Waals surface area contributed by atoms with Crippen molar-refractivity contribution in [2.24, 2.45) is 0 Å². The van der Waals surface area contributed by atoms with Crippen molar-refractivity contribution in [3.05, 3.63) is 47.7 Å². The third-order valence-electron chi connectivity index (χ3n) is 4.44. The molecule has 0 aliphatic heterocycles. The molecule has 7 nitrogen and oxygen atoms in total. The summed E-state index contributed by atoms with van der Waals surface area (Å²) in [7, 11) is 0. The summed E-state index contributed by atoms with van der Waals surface area (Å²) in [5.74, 6) is 0.477. The molecule has 2 aromatic carbocycles. The van der Waals surface area contributed by atoms with Crippen LogP contribution in [0, 0.1) is 0 Å². The van der Waals surface area contributed by atoms with Gasteiger partial charge in [-0.05, 0) is 43.0 Å². The zero-order valence-electron chi connectivity index (χ0n) is 20.8. The molecule has 0 atom stereocenters. The standard InChI is InChI=1S/C11H14N2O.C10H12N2O2.2C2H6/c1-11(2,3)7-5-4-6-8-9(7)10(12)13-14-8;1-10(2,13)9-8-6(11)4-3-5-7(8)14-12-9;2*1-2/h4-6H,1-3H3,(H2,12,13);3-5,13H,11H2,1-2H3;2*1-2H3. The van der Waals surface area contributed by atoms with Crippen molar-refractivity contribution in [2.75, 3.05) is 11.5 Å². The van der Waals surface area contributed by atoms with Crippen LogP contribution in [0.2, 0.25) is 0 Å². The quantitative estimate of drug-likeness (QED) is 0.291. The zero-order chi connectivity index (χ0) is 24.7. The van der Waals surface area contributed by atoms with E-state index in [0.717, 1.165) is 11.0 Å². The number of aliphatic hydroxyl groups is 1. The van der Waals surface area contributed by atoms with Crippen LogP contribution >= 0.6 is 0 Å². The molecule has 5 N–H and O–H groups in total. The first-order valence-electron chi connectivity index (χ1n) is 11.0. The highest BCUT2D eigenvalue weighted by molar-refractivity contribution is 5.92. The molecule has 2 aromatic heterocycles. The van der Waals surface area contributed by atoms with Crippen LogP contribution in [-0.4, -0.2) is 15.4 Å². The summed E-state index contributed by atoms with van der Waals surface area (Å²) < 4.78 is 10.2. The number of nitrogens with two attached hydrogens (primary N) is 2. The number of hydrogen-bond acceptors (Lipinski definition) is 7. The molecule has 0 amide bonds. The van der Waals surface area contributed by atoms with Crippen LogP contribution < -0.4 is 11.5 Å². The average molecular weight is 443 g/mol. The van der Waals surface area contributed by atoms with Gasteiger partial charge in [-0.15, -0.1) is 0 Å². The second-order valence-corrected chi connectivity index (χ2v) is 8.31. The van der Waals surface area contributed by atoms with Crippen molar-refractivity contribution in [3.63, 3.8) is 0 Å². The van der Waals surface area contributed by atoms with Gasteiger partial charge in [-0.2, -0.15) is 0 Å². The molecule has 0 bridgehead atoms. The molecule has 0 spiro atoms. The van der Waals surface area contributed by atoms with Crippen molar-refractivity contribution in [1.29, 1.82) is 0 Å². The van der Waals surface area contributed by atoms with Gasteiger partial charge in [-0.3, -0.25) is 0 Å². The first-order chi connectivity index (χ1) is 15.0. The summed E-state index contributed by atoms with van der Waals surface area (Å²) in [5.41, 5.74) is 14.2. The lowest BCUT2D eigenvalue weighted by molar-refractivity contribution is 0.0716. The van der Waals surface area contributed by atoms with Crippen molar-refractivity contribution in [2.45, 2.75) is 73.3 Å². The fourth-order valence-corrected chi connectivity index (χ4v) is 3.08. The summed E-state index contributed by atoms with van der Waals surface area (Å²) >= 11 is 0. The number of aromatic nitrogens is 2. The molecule has 2 heterocycles. The molecule has 0 fully saturated rings. The fraction of sp³-hybridized carbons (Fsp3) is 0.440. The van der Waals surface area contributed by atoms with Crippen molar-refractivity contribution >= 4 is 33.4 Å². The van der Waals surface area contributed by atoms with Crippen LogP contribution in [0.1, 0.15) is 73.6 Å². The Hall–Kier alpha value is -3.06. The molecule has 4 aromatic rings. The molecule has 0 aliphatic carbocycles. The maximum Gasteiger partial charge on any atom is 0.175 e. The third kappa shape index (κ3) is 6.01. The Bertz CT molecular complexity index is 1110. The van der Waals surface area contributed by atoms with Crippen LogP contribution in [0.5, 0.6) is 0 Å². The second-order valence-electron chi connectivity index (χ2n) is 8.31. The van der Waals surface area contributed by atoms with E-state index in [0.29, 0.717) is 28.2 Å². The van der Waals surface area contributed by atoms with Gasteiger partial charge in [0.2, 0.25) is 0 Å². The molecule has 7 heteroatoms. The monoisotopic (exact) mass is 442 g/mol. The summed E-state index contributed by atoms with van der Waals surface area (Å²) in [6, 6.07) is 11.2. The van der Waals surface area contributed by atoms with Crippen LogP contribution in [0.25, 0.3) is 21.9 Å². The van der Waals surface area contributed by atoms with Crippen molar-refractivity contribution in [3.8, 4) is 0 Å². The van der Waals surface area contributed by atoms with Gasteiger partial charge in [0, 0.05) is 5.69 Å². The van der Waals surface area contributed by atoms with Crippen LogP contribution in [0.15, 0.2) is 45.4 Å². The summed E-state index contributed by atoms with van der Waals surface area (Å²) in [6.07, 6.45) is 0. The summed E-state index contributed by atoms with van der Waals surface area (Å²) in [6.45, 7) is 17.7. The SMILES string of the molecule is CC.CC.CC(C)(C)c1cccc2onc(N)c12.CC(C)(O)c1noc2cccc(N)c12. The number of nitrogen functional groups attached to an aromatic ring is 2. The first kappa shape index (κ1) is 27.0. The molecule has 0 unspecified atom stereocenters. The lowest BCUT2D eigenvalue weighted by atomic mass is 9.85. The van der Waals surface area contributed by atoms with Gasteiger partial charge in [0.1, 0.15) is 11.3 Å². The van der Waals surface area contributed by atoms with Crippen molar-refractivity contribution < 1.29 is 14.2 Å². The number of rotatable bonds is 1. The molecule has 0 radical (unpaired) electrons. The van der Waals surface area contributed by atoms with E-state index < -0.39 is 5.60 Å². The number of anilines is 2. The Morgan fingerprint density at radius 2 is 1.25 bits per heavy atom. The highest BCUT2D eigenvalue weighted by atomic mass is 16.5. The molecule has 176 valence electrons. The van der Waals surface area contributed by atoms with Gasteiger partial charge in [-0.1, -0.05) is 77.0 Å². The normalized spacial score (nSPS) is 11.1. The van der Waals surface area contributed by atoms with Gasteiger partial charge in [0.25, 0.3) is 0 Å². The van der Waals surface area contributed by atoms with E-state index in [1.165, 1.54) is 5.56 Å². The molecule has 0 saturated heterocycles. The van der Waals surface area contributed by atoms with Gasteiger partial charge in [-0.25, -0.2) is 0 Å². The lowest BCUT2D eigenvalue weighted by Crippen LogP contribution is -2.16. The Morgan fingerprint density at radius 3 is 1.78 bits per heavy atom. The van der Waals surface area contributed by atoms with Crippen LogP contribution in [0.4, 0.5) is 11.5 Å². The van der Waals surface area contributed by atoms with E-state index in [-0.39, 0.29) is 5.41 Å². The number of hydrogen-bond donors (Lipinski definition) is 3. The number of nitrogens with zero attached hydrogens (tertiary/aromatic N) is 2. The van der Waals surface area contributed by atoms with Gasteiger partial charge >= 0.3 is 0 Å². The van der Waals surface area contributed by atoms with E-state index in [2.05, 4.69) is 37.2 Å². The molecule has 0 aliphatic rings. The summed E-state index contributed by atoms with van der Waals surface area (Å²) in [5, 5.41) is 19.1. The van der Waals surface area contributed by atoms with Crippen LogP contribution in [0.3, 0.4) is 0 Å². The van der Waals surface area contributed by atoms with Gasteiger partial charge in [0.15, 0.2) is 17.0 Å². The largest absolute Gasteiger partial charge is 0.398 e. The van der Waals surface area contributed by atoms with E-state index in [9.17, 15) is 5.11 Å². The minimum absolute atomic E-state index is 0.0547. The molecule has 32 heavy (non-hydrogen) atoms. The summed E-state index contributed by atoms with van der Waals surface area (Å²) in [4.78, 5) is 0. The molecular formula is C25H38N4O3. The molecular weight excluding hydrogens is 404 g/mol. The van der Waals surface area contributed by atoms with Crippen LogP contribution in [-0.2, 0) is 11.0 Å². The topological polar surface area (TPSA) is 124 Å². The fourth-order valence-electron chi connectivity index (χ4n) is 3.08. The first-order valence-corrected chi connectivity index (χ1v) is 11.0. The molecule has 0 saturated carbocycles. The van der Waals surface area contributed by atoms with Crippen molar-refractivity contribution in [1.82, 2.24) is 10.3 Å². The van der Waals surface area contributed by atoms with E-state index in [4.69, 9.17) is 20.5 Å². The minimum atomic E-state index is -1.04. The Morgan fingerprint density at radius 1 is 0.750 bits per heavy atom. The minimum Gasteiger partial charge on any atom is -0.398 e. The lowest BCUT2D eigenvalue weighted by Gasteiger charge is -2.19. The van der Waals surface area contributed by atoms with E-state index >= 15 is 0 Å². The predicted octanol–water partition coefficient (Wildman–Crippen LogP) is 6.40. The van der Waals surface area contributed by atoms with E-state index in [1.54, 1.807) is 32.0 Å². The zero-order valence-corrected chi connectivity index (χ0v) is 20.8. The maximum atomic E-state index is 9.82. The number of benzene rings is 2. The van der Waals surface area contributed by atoms with Gasteiger partial charge in [0.05, 0.1) is 10.8 Å². The third-order valence-corrected chi connectivity index (χ3v) is 4.44. The highest BCUT2D eigenvalue weighted by Gasteiger charge is 2.25. The molecule has 4 rings (SSSR count). The Balaban J connectivity index is 0.000000277. The van der Waals surface area contributed by atoms with E-state index in [1.807, 2.05) is 39.8 Å². The second kappa shape index (κ2) is 11.0. The highest BCUT2D eigenvalue weighted by Crippen LogP contribution is 2.33.